The number of aromatic amines is 1. The van der Waals surface area contributed by atoms with E-state index in [2.05, 4.69) is 25.8 Å². The summed E-state index contributed by atoms with van der Waals surface area (Å²) in [5, 5.41) is 13.0. The molecule has 0 aliphatic carbocycles. The number of benzene rings is 2. The first-order chi connectivity index (χ1) is 13.0. The van der Waals surface area contributed by atoms with Gasteiger partial charge in [-0.05, 0) is 42.3 Å². The summed E-state index contributed by atoms with van der Waals surface area (Å²) in [7, 11) is 0. The van der Waals surface area contributed by atoms with E-state index < -0.39 is 0 Å². The third kappa shape index (κ3) is 4.95. The van der Waals surface area contributed by atoms with Gasteiger partial charge >= 0.3 is 0 Å². The van der Waals surface area contributed by atoms with E-state index in [1.54, 1.807) is 42.1 Å². The lowest BCUT2D eigenvalue weighted by Crippen LogP contribution is -2.14. The lowest BCUT2D eigenvalue weighted by molar-refractivity contribution is -0.114. The normalized spacial score (nSPS) is 10.4. The first kappa shape index (κ1) is 18.7. The summed E-state index contributed by atoms with van der Waals surface area (Å²) < 4.78 is 0. The maximum atomic E-state index is 12.5. The number of nitrogens with zero attached hydrogens (tertiary/aromatic N) is 2. The van der Waals surface area contributed by atoms with Crippen molar-refractivity contribution in [2.45, 2.75) is 24.8 Å². The summed E-state index contributed by atoms with van der Waals surface area (Å²) in [5.41, 5.74) is 3.79. The Hall–Kier alpha value is -3.13. The van der Waals surface area contributed by atoms with Crippen LogP contribution in [0.15, 0.2) is 53.9 Å². The second kappa shape index (κ2) is 8.50. The number of H-pyrrole nitrogens is 1. The molecule has 0 saturated heterocycles. The van der Waals surface area contributed by atoms with Gasteiger partial charge in [0.15, 0.2) is 5.16 Å². The van der Waals surface area contributed by atoms with Crippen LogP contribution in [0.1, 0.15) is 28.4 Å². The van der Waals surface area contributed by atoms with Gasteiger partial charge in [0, 0.05) is 29.6 Å². The van der Waals surface area contributed by atoms with Gasteiger partial charge in [0.1, 0.15) is 6.33 Å². The van der Waals surface area contributed by atoms with Gasteiger partial charge in [-0.25, -0.2) is 4.98 Å². The summed E-state index contributed by atoms with van der Waals surface area (Å²) in [6.07, 6.45) is 1.47. The smallest absolute Gasteiger partial charge is 0.255 e. The highest BCUT2D eigenvalue weighted by Crippen LogP contribution is 2.24. The maximum Gasteiger partial charge on any atom is 0.255 e. The Bertz CT molecular complexity index is 939. The molecule has 0 radical (unpaired) electrons. The summed E-state index contributed by atoms with van der Waals surface area (Å²) in [4.78, 5) is 27.9. The summed E-state index contributed by atoms with van der Waals surface area (Å²) >= 11 is 1.54. The van der Waals surface area contributed by atoms with Gasteiger partial charge in [-0.15, -0.1) is 0 Å². The van der Waals surface area contributed by atoms with E-state index in [-0.39, 0.29) is 11.8 Å². The van der Waals surface area contributed by atoms with Crippen LogP contribution in [0.25, 0.3) is 0 Å². The molecule has 2 amide bonds. The minimum atomic E-state index is -0.201. The van der Waals surface area contributed by atoms with Gasteiger partial charge in [-0.2, -0.15) is 5.10 Å². The Kier molecular flexibility index (Phi) is 5.87. The molecule has 0 bridgehead atoms. The molecule has 0 aliphatic rings. The first-order valence-electron chi connectivity index (χ1n) is 8.28. The van der Waals surface area contributed by atoms with Gasteiger partial charge in [-0.3, -0.25) is 14.7 Å². The lowest BCUT2D eigenvalue weighted by Gasteiger charge is -2.13. The van der Waals surface area contributed by atoms with Crippen LogP contribution >= 0.6 is 11.8 Å². The molecule has 7 nitrogen and oxygen atoms in total. The Morgan fingerprint density at radius 1 is 1.07 bits per heavy atom. The maximum absolute atomic E-state index is 12.5. The predicted octanol–water partition coefficient (Wildman–Crippen LogP) is 3.62. The molecule has 0 saturated carbocycles. The van der Waals surface area contributed by atoms with Crippen molar-refractivity contribution in [3.8, 4) is 0 Å². The molecule has 0 spiro atoms. The zero-order valence-corrected chi connectivity index (χ0v) is 15.8. The van der Waals surface area contributed by atoms with Crippen LogP contribution in [0.3, 0.4) is 0 Å². The van der Waals surface area contributed by atoms with Crippen molar-refractivity contribution in [1.29, 1.82) is 0 Å². The molecule has 0 unspecified atom stereocenters. The Balaban J connectivity index is 1.65. The average molecular weight is 381 g/mol. The van der Waals surface area contributed by atoms with E-state index >= 15 is 0 Å². The fourth-order valence-corrected chi connectivity index (χ4v) is 3.19. The van der Waals surface area contributed by atoms with Crippen molar-refractivity contribution in [3.63, 3.8) is 0 Å². The molecule has 3 rings (SSSR count). The SMILES string of the molecule is CC(=O)Nc1cccc(NC(=O)c2ccc(CSc3ncn[nH]3)cc2)c1C. The minimum Gasteiger partial charge on any atom is -0.326 e. The average Bonchev–Trinajstić information content (AvgIpc) is 3.17. The quantitative estimate of drug-likeness (QED) is 0.566. The zero-order chi connectivity index (χ0) is 19.2. The lowest BCUT2D eigenvalue weighted by atomic mass is 10.1. The number of rotatable bonds is 6. The van der Waals surface area contributed by atoms with Gasteiger partial charge in [-0.1, -0.05) is 30.0 Å². The van der Waals surface area contributed by atoms with Crippen molar-refractivity contribution in [1.82, 2.24) is 15.2 Å². The number of carbonyl (C=O) groups excluding carboxylic acids is 2. The van der Waals surface area contributed by atoms with E-state index in [1.807, 2.05) is 19.1 Å². The largest absolute Gasteiger partial charge is 0.326 e. The number of thioether (sulfide) groups is 1. The third-order valence-electron chi connectivity index (χ3n) is 3.88. The molecule has 0 aliphatic heterocycles. The van der Waals surface area contributed by atoms with Gasteiger partial charge in [0.25, 0.3) is 5.91 Å². The molecule has 0 atom stereocenters. The van der Waals surface area contributed by atoms with Crippen LogP contribution in [-0.4, -0.2) is 27.0 Å². The number of hydrogen-bond acceptors (Lipinski definition) is 5. The van der Waals surface area contributed by atoms with Crippen molar-refractivity contribution in [2.24, 2.45) is 0 Å². The number of nitrogens with one attached hydrogen (secondary N) is 3. The minimum absolute atomic E-state index is 0.152. The number of anilines is 2. The highest BCUT2D eigenvalue weighted by molar-refractivity contribution is 7.98. The third-order valence-corrected chi connectivity index (χ3v) is 4.83. The standard InChI is InChI=1S/C19H19N5O2S/c1-12-16(22-13(2)25)4-3-5-17(12)23-18(26)15-8-6-14(7-9-15)10-27-19-20-11-21-24-19/h3-9,11H,10H2,1-2H3,(H,22,25)(H,23,26)(H,20,21,24). The fourth-order valence-electron chi connectivity index (χ4n) is 2.46. The van der Waals surface area contributed by atoms with Crippen molar-refractivity contribution < 1.29 is 9.59 Å². The van der Waals surface area contributed by atoms with Gasteiger partial charge < -0.3 is 10.6 Å². The van der Waals surface area contributed by atoms with Crippen LogP contribution in [0.5, 0.6) is 0 Å². The van der Waals surface area contributed by atoms with Crippen molar-refractivity contribution in [3.05, 3.63) is 65.5 Å². The molecule has 8 heteroatoms. The van der Waals surface area contributed by atoms with Crippen LogP contribution in [0, 0.1) is 6.92 Å². The Labute approximate surface area is 161 Å². The summed E-state index contributed by atoms with van der Waals surface area (Å²) in [6, 6.07) is 12.8. The van der Waals surface area contributed by atoms with Gasteiger partial charge in [0.05, 0.1) is 0 Å². The molecule has 2 aromatic carbocycles. The topological polar surface area (TPSA) is 99.8 Å². The Morgan fingerprint density at radius 3 is 2.41 bits per heavy atom. The van der Waals surface area contributed by atoms with Crippen LogP contribution in [0.2, 0.25) is 0 Å². The van der Waals surface area contributed by atoms with Gasteiger partial charge in [0.2, 0.25) is 5.91 Å². The number of hydrogen-bond donors (Lipinski definition) is 3. The fraction of sp³-hybridized carbons (Fsp3) is 0.158. The molecular formula is C19H19N5O2S. The second-order valence-electron chi connectivity index (χ2n) is 5.89. The Morgan fingerprint density at radius 2 is 1.78 bits per heavy atom. The molecule has 1 heterocycles. The number of amides is 2. The number of carbonyl (C=O) groups is 2. The van der Waals surface area contributed by atoms with Crippen LogP contribution < -0.4 is 10.6 Å². The zero-order valence-electron chi connectivity index (χ0n) is 14.9. The summed E-state index contributed by atoms with van der Waals surface area (Å²) in [5.74, 6) is 0.377. The van der Waals surface area contributed by atoms with Crippen LogP contribution in [0.4, 0.5) is 11.4 Å². The van der Waals surface area contributed by atoms with Crippen molar-refractivity contribution >= 4 is 35.0 Å². The molecule has 0 fully saturated rings. The van der Waals surface area contributed by atoms with E-state index in [0.29, 0.717) is 16.9 Å². The van der Waals surface area contributed by atoms with E-state index in [1.165, 1.54) is 13.3 Å². The molecular weight excluding hydrogens is 362 g/mol. The molecule has 1 aromatic heterocycles. The highest BCUT2D eigenvalue weighted by Gasteiger charge is 2.10. The monoisotopic (exact) mass is 381 g/mol. The molecule has 3 aromatic rings. The van der Waals surface area contributed by atoms with E-state index in [0.717, 1.165) is 22.0 Å². The summed E-state index contributed by atoms with van der Waals surface area (Å²) in [6.45, 7) is 3.30. The molecule has 27 heavy (non-hydrogen) atoms. The van der Waals surface area contributed by atoms with E-state index in [4.69, 9.17) is 0 Å². The molecule has 138 valence electrons. The second-order valence-corrected chi connectivity index (χ2v) is 6.85. The van der Waals surface area contributed by atoms with E-state index in [9.17, 15) is 9.59 Å². The predicted molar refractivity (Wildman–Crippen MR) is 106 cm³/mol. The number of aromatic nitrogens is 3. The molecule has 3 N–H and O–H groups in total. The first-order valence-corrected chi connectivity index (χ1v) is 9.27. The van der Waals surface area contributed by atoms with Crippen molar-refractivity contribution in [2.75, 3.05) is 10.6 Å². The highest BCUT2D eigenvalue weighted by atomic mass is 32.2. The van der Waals surface area contributed by atoms with Crippen LogP contribution in [-0.2, 0) is 10.5 Å².